The molecule has 0 aliphatic carbocycles. The molecule has 0 aliphatic heterocycles. The molecule has 2 aromatic rings. The molecule has 0 amide bonds. The van der Waals surface area contributed by atoms with Gasteiger partial charge in [0.15, 0.2) is 5.78 Å². The van der Waals surface area contributed by atoms with Crippen LogP contribution in [-0.2, 0) is 0 Å². The Morgan fingerprint density at radius 2 is 0.875 bits per heavy atom. The maximum Gasteiger partial charge on any atom is 0.193 e. The van der Waals surface area contributed by atoms with Crippen molar-refractivity contribution in [1.82, 2.24) is 0 Å². The maximum absolute atomic E-state index is 12.8. The van der Waals surface area contributed by atoms with Gasteiger partial charge in [0, 0.05) is 20.9 Å². The largest absolute Gasteiger partial charge is 0.289 e. The summed E-state index contributed by atoms with van der Waals surface area (Å²) >= 11 is 3.81. The van der Waals surface area contributed by atoms with Crippen molar-refractivity contribution in [3.63, 3.8) is 0 Å². The molecule has 1 nitrogen and oxygen atoms in total. The first-order chi connectivity index (χ1) is 15.7. The number of benzene rings is 2. The van der Waals surface area contributed by atoms with Crippen LogP contribution in [0.2, 0.25) is 0 Å². The number of carbonyl (C=O) groups is 1. The summed E-state index contributed by atoms with van der Waals surface area (Å²) < 4.78 is 0. The Hall–Kier alpha value is -1.19. The molecule has 3 heteroatoms. The molecule has 2 aromatic carbocycles. The highest BCUT2D eigenvalue weighted by molar-refractivity contribution is 7.99. The Bertz CT molecular complexity index is 673. The third kappa shape index (κ3) is 11.1. The third-order valence-corrected chi connectivity index (χ3v) is 7.96. The number of carbonyl (C=O) groups excluding carboxylic acids is 1. The first-order valence-corrected chi connectivity index (χ1v) is 14.7. The quantitative estimate of drug-likeness (QED) is 0.123. The van der Waals surface area contributed by atoms with Gasteiger partial charge in [0.05, 0.1) is 0 Å². The molecule has 2 rings (SSSR count). The number of hydrogen-bond donors (Lipinski definition) is 0. The standard InChI is InChI=1S/C29H42OS2/c1-3-5-7-9-11-13-23-31-27-19-15-25(16-20-27)29(30)26-17-21-28(22-18-26)32-24-14-12-10-8-6-4-2/h15-22H,3-14,23-24H2,1-2H3. The lowest BCUT2D eigenvalue weighted by molar-refractivity contribution is 0.103. The van der Waals surface area contributed by atoms with E-state index in [1.165, 1.54) is 86.8 Å². The molecule has 0 aromatic heterocycles. The van der Waals surface area contributed by atoms with Gasteiger partial charge in [-0.3, -0.25) is 4.79 Å². The number of unbranched alkanes of at least 4 members (excludes halogenated alkanes) is 10. The molecular formula is C29H42OS2. The first-order valence-electron chi connectivity index (χ1n) is 12.7. The van der Waals surface area contributed by atoms with Crippen LogP contribution in [0.15, 0.2) is 58.3 Å². The third-order valence-electron chi connectivity index (χ3n) is 5.77. The molecular weight excluding hydrogens is 428 g/mol. The van der Waals surface area contributed by atoms with Crippen LogP contribution in [0.1, 0.15) is 107 Å². The molecule has 0 aliphatic rings. The fourth-order valence-electron chi connectivity index (χ4n) is 3.72. The van der Waals surface area contributed by atoms with E-state index in [9.17, 15) is 4.79 Å². The Balaban J connectivity index is 1.69. The van der Waals surface area contributed by atoms with Gasteiger partial charge in [0.1, 0.15) is 0 Å². The van der Waals surface area contributed by atoms with Crippen LogP contribution in [0, 0.1) is 0 Å². The Morgan fingerprint density at radius 1 is 0.531 bits per heavy atom. The summed E-state index contributed by atoms with van der Waals surface area (Å²) in [5.41, 5.74) is 1.56. The number of rotatable bonds is 18. The minimum absolute atomic E-state index is 0.116. The SMILES string of the molecule is CCCCCCCCSc1ccc(C(=O)c2ccc(SCCCCCCCC)cc2)cc1. The highest BCUT2D eigenvalue weighted by atomic mass is 32.2. The van der Waals surface area contributed by atoms with Crippen molar-refractivity contribution in [3.05, 3.63) is 59.7 Å². The van der Waals surface area contributed by atoms with Crippen LogP contribution >= 0.6 is 23.5 Å². The molecule has 0 saturated heterocycles. The Kier molecular flexibility index (Phi) is 14.6. The summed E-state index contributed by atoms with van der Waals surface area (Å²) in [5.74, 6) is 2.44. The summed E-state index contributed by atoms with van der Waals surface area (Å²) in [5, 5.41) is 0. The van der Waals surface area contributed by atoms with E-state index >= 15 is 0 Å². The van der Waals surface area contributed by atoms with Crippen molar-refractivity contribution in [2.24, 2.45) is 0 Å². The van der Waals surface area contributed by atoms with Crippen LogP contribution in [0.5, 0.6) is 0 Å². The fourth-order valence-corrected chi connectivity index (χ4v) is 5.54. The molecule has 32 heavy (non-hydrogen) atoms. The molecule has 176 valence electrons. The zero-order valence-corrected chi connectivity index (χ0v) is 21.9. The van der Waals surface area contributed by atoms with Gasteiger partial charge >= 0.3 is 0 Å². The van der Waals surface area contributed by atoms with Crippen molar-refractivity contribution in [3.8, 4) is 0 Å². The van der Waals surface area contributed by atoms with Gasteiger partial charge in [-0.25, -0.2) is 0 Å². The monoisotopic (exact) mass is 470 g/mol. The lowest BCUT2D eigenvalue weighted by Crippen LogP contribution is -2.00. The lowest BCUT2D eigenvalue weighted by Gasteiger charge is -2.06. The predicted octanol–water partition coefficient (Wildman–Crippen LogP) is 9.82. The van der Waals surface area contributed by atoms with Crippen LogP contribution in [0.3, 0.4) is 0 Å². The number of thioether (sulfide) groups is 2. The average Bonchev–Trinajstić information content (AvgIpc) is 2.83. The van der Waals surface area contributed by atoms with Gasteiger partial charge in [-0.05, 0) is 72.9 Å². The lowest BCUT2D eigenvalue weighted by atomic mass is 10.0. The van der Waals surface area contributed by atoms with Gasteiger partial charge in [-0.1, -0.05) is 78.1 Å². The van der Waals surface area contributed by atoms with E-state index in [1.54, 1.807) is 0 Å². The predicted molar refractivity (Wildman–Crippen MR) is 145 cm³/mol. The Morgan fingerprint density at radius 3 is 1.25 bits per heavy atom. The topological polar surface area (TPSA) is 17.1 Å². The zero-order valence-electron chi connectivity index (χ0n) is 20.2. The second-order valence-electron chi connectivity index (χ2n) is 8.61. The molecule has 0 atom stereocenters. The van der Waals surface area contributed by atoms with Gasteiger partial charge in [0.25, 0.3) is 0 Å². The van der Waals surface area contributed by atoms with Gasteiger partial charge < -0.3 is 0 Å². The molecule has 0 fully saturated rings. The molecule has 0 radical (unpaired) electrons. The summed E-state index contributed by atoms with van der Waals surface area (Å²) in [6.07, 6.45) is 16.0. The van der Waals surface area contributed by atoms with E-state index in [4.69, 9.17) is 0 Å². The fraction of sp³-hybridized carbons (Fsp3) is 0.552. The minimum atomic E-state index is 0.116. The van der Waals surface area contributed by atoms with E-state index in [-0.39, 0.29) is 5.78 Å². The van der Waals surface area contributed by atoms with Crippen LogP contribution in [-0.4, -0.2) is 17.3 Å². The van der Waals surface area contributed by atoms with Crippen molar-refractivity contribution >= 4 is 29.3 Å². The van der Waals surface area contributed by atoms with E-state index in [2.05, 4.69) is 38.1 Å². The first kappa shape index (κ1) is 27.1. The van der Waals surface area contributed by atoms with E-state index < -0.39 is 0 Å². The van der Waals surface area contributed by atoms with Crippen molar-refractivity contribution < 1.29 is 4.79 Å². The molecule has 0 bridgehead atoms. The summed E-state index contributed by atoms with van der Waals surface area (Å²) in [4.78, 5) is 15.3. The normalized spacial score (nSPS) is 11.1. The highest BCUT2D eigenvalue weighted by Crippen LogP contribution is 2.24. The van der Waals surface area contributed by atoms with E-state index in [0.717, 1.165) is 22.6 Å². The van der Waals surface area contributed by atoms with Gasteiger partial charge in [0.2, 0.25) is 0 Å². The molecule has 0 spiro atoms. The summed E-state index contributed by atoms with van der Waals surface area (Å²) in [6.45, 7) is 4.52. The average molecular weight is 471 g/mol. The molecule has 0 N–H and O–H groups in total. The summed E-state index contributed by atoms with van der Waals surface area (Å²) in [6, 6.07) is 16.3. The minimum Gasteiger partial charge on any atom is -0.289 e. The van der Waals surface area contributed by atoms with Gasteiger partial charge in [-0.2, -0.15) is 0 Å². The van der Waals surface area contributed by atoms with Crippen molar-refractivity contribution in [2.75, 3.05) is 11.5 Å². The van der Waals surface area contributed by atoms with Gasteiger partial charge in [-0.15, -0.1) is 23.5 Å². The zero-order chi connectivity index (χ0) is 22.9. The summed E-state index contributed by atoms with van der Waals surface area (Å²) in [7, 11) is 0. The number of ketones is 1. The van der Waals surface area contributed by atoms with Crippen LogP contribution < -0.4 is 0 Å². The van der Waals surface area contributed by atoms with Crippen LogP contribution in [0.4, 0.5) is 0 Å². The van der Waals surface area contributed by atoms with Crippen molar-refractivity contribution in [1.29, 1.82) is 0 Å². The van der Waals surface area contributed by atoms with E-state index in [0.29, 0.717) is 0 Å². The maximum atomic E-state index is 12.8. The van der Waals surface area contributed by atoms with Crippen LogP contribution in [0.25, 0.3) is 0 Å². The molecule has 0 heterocycles. The molecule has 0 saturated carbocycles. The van der Waals surface area contributed by atoms with Crippen molar-refractivity contribution in [2.45, 2.75) is 101 Å². The van der Waals surface area contributed by atoms with E-state index in [1.807, 2.05) is 47.8 Å². The Labute approximate surface area is 205 Å². The highest BCUT2D eigenvalue weighted by Gasteiger charge is 2.09. The smallest absolute Gasteiger partial charge is 0.193 e. The molecule has 0 unspecified atom stereocenters. The number of hydrogen-bond acceptors (Lipinski definition) is 3. The second-order valence-corrected chi connectivity index (χ2v) is 10.9. The second kappa shape index (κ2) is 17.3.